The molecule has 5 rings (SSSR count). The van der Waals surface area contributed by atoms with Crippen molar-refractivity contribution in [1.29, 1.82) is 0 Å². The Kier molecular flexibility index (Phi) is 7.11. The molecule has 3 heterocycles. The van der Waals surface area contributed by atoms with Crippen molar-refractivity contribution in [3.05, 3.63) is 66.2 Å². The number of amides is 1. The standard InChI is InChI=1S/C31H41N3O3/c1-6-16-36-25-13-11-23(12-14-25)19-34-30(35)28-18-29-27(15-17-37-29)33(28)20-31(34,5)22(4)32-26-10-8-9-24(7-2)21(26)3/h11-15,17-18,21,24,26,32H,4,6-10,16,19-20H2,1-3,5H3. The summed E-state index contributed by atoms with van der Waals surface area (Å²) in [5.41, 5.74) is 3.74. The van der Waals surface area contributed by atoms with Crippen LogP contribution in [0.25, 0.3) is 11.1 Å². The molecule has 1 N–H and O–H groups in total. The van der Waals surface area contributed by atoms with Crippen molar-refractivity contribution in [3.63, 3.8) is 0 Å². The van der Waals surface area contributed by atoms with Crippen LogP contribution in [0.4, 0.5) is 0 Å². The highest BCUT2D eigenvalue weighted by molar-refractivity contribution is 5.99. The number of ether oxygens (including phenoxy) is 1. The zero-order valence-corrected chi connectivity index (χ0v) is 22.8. The van der Waals surface area contributed by atoms with Gasteiger partial charge in [-0.2, -0.15) is 0 Å². The number of furan rings is 1. The van der Waals surface area contributed by atoms with Crippen LogP contribution >= 0.6 is 0 Å². The van der Waals surface area contributed by atoms with Gasteiger partial charge >= 0.3 is 0 Å². The summed E-state index contributed by atoms with van der Waals surface area (Å²) in [5, 5.41) is 3.83. The third-order valence-corrected chi connectivity index (χ3v) is 8.79. The monoisotopic (exact) mass is 503 g/mol. The molecule has 6 heteroatoms. The number of hydrogen-bond donors (Lipinski definition) is 1. The molecule has 198 valence electrons. The van der Waals surface area contributed by atoms with E-state index in [1.54, 1.807) is 6.26 Å². The molecule has 1 aliphatic carbocycles. The van der Waals surface area contributed by atoms with Gasteiger partial charge in [0.25, 0.3) is 5.91 Å². The van der Waals surface area contributed by atoms with Gasteiger partial charge in [-0.3, -0.25) is 4.79 Å². The lowest BCUT2D eigenvalue weighted by atomic mass is 9.75. The van der Waals surface area contributed by atoms with Gasteiger partial charge in [-0.05, 0) is 49.3 Å². The number of nitrogens with one attached hydrogen (secondary N) is 1. The number of fused-ring (bicyclic) bond motifs is 3. The zero-order chi connectivity index (χ0) is 26.2. The fourth-order valence-electron chi connectivity index (χ4n) is 6.29. The molecule has 2 aromatic heterocycles. The summed E-state index contributed by atoms with van der Waals surface area (Å²) in [5.74, 6) is 2.16. The molecule has 1 aromatic carbocycles. The number of carbonyl (C=O) groups is 1. The first kappa shape index (κ1) is 25.5. The van der Waals surface area contributed by atoms with Crippen molar-refractivity contribution in [2.45, 2.75) is 84.5 Å². The lowest BCUT2D eigenvalue weighted by Gasteiger charge is -2.48. The third-order valence-electron chi connectivity index (χ3n) is 8.79. The molecule has 0 saturated heterocycles. The molecule has 1 saturated carbocycles. The Labute approximate surface area is 220 Å². The van der Waals surface area contributed by atoms with E-state index in [4.69, 9.17) is 9.15 Å². The molecule has 3 aromatic rings. The van der Waals surface area contributed by atoms with E-state index >= 15 is 0 Å². The summed E-state index contributed by atoms with van der Waals surface area (Å²) in [6, 6.07) is 12.3. The van der Waals surface area contributed by atoms with Crippen LogP contribution in [0, 0.1) is 11.8 Å². The first-order valence-electron chi connectivity index (χ1n) is 13.9. The van der Waals surface area contributed by atoms with Gasteiger partial charge in [0.1, 0.15) is 11.4 Å². The quantitative estimate of drug-likeness (QED) is 0.351. The van der Waals surface area contributed by atoms with Gasteiger partial charge in [0.15, 0.2) is 5.58 Å². The topological polar surface area (TPSA) is 59.6 Å². The van der Waals surface area contributed by atoms with Crippen molar-refractivity contribution < 1.29 is 13.9 Å². The molecule has 1 fully saturated rings. The minimum absolute atomic E-state index is 0.00228. The van der Waals surface area contributed by atoms with Gasteiger partial charge in [0.05, 0.1) is 30.5 Å². The maximum absolute atomic E-state index is 14.0. The van der Waals surface area contributed by atoms with Gasteiger partial charge in [-0.15, -0.1) is 0 Å². The summed E-state index contributed by atoms with van der Waals surface area (Å²) in [6.45, 7) is 15.3. The number of carbonyl (C=O) groups excluding carboxylic acids is 1. The van der Waals surface area contributed by atoms with Crippen LogP contribution in [0.5, 0.6) is 5.75 Å². The summed E-state index contributed by atoms with van der Waals surface area (Å²) in [4.78, 5) is 16.0. The second-order valence-corrected chi connectivity index (χ2v) is 11.1. The van der Waals surface area contributed by atoms with E-state index < -0.39 is 5.54 Å². The summed E-state index contributed by atoms with van der Waals surface area (Å²) >= 11 is 0. The van der Waals surface area contributed by atoms with Crippen molar-refractivity contribution in [1.82, 2.24) is 14.8 Å². The highest BCUT2D eigenvalue weighted by Crippen LogP contribution is 2.38. The number of hydrogen-bond acceptors (Lipinski definition) is 4. The molecule has 1 aliphatic heterocycles. The largest absolute Gasteiger partial charge is 0.494 e. The predicted octanol–water partition coefficient (Wildman–Crippen LogP) is 6.76. The molecule has 4 unspecified atom stereocenters. The molecule has 4 atom stereocenters. The number of rotatable bonds is 9. The minimum atomic E-state index is -0.608. The first-order chi connectivity index (χ1) is 17.9. The average Bonchev–Trinajstić information content (AvgIpc) is 3.50. The molecule has 0 radical (unpaired) electrons. The van der Waals surface area contributed by atoms with Crippen LogP contribution in [0.15, 0.2) is 59.4 Å². The van der Waals surface area contributed by atoms with Crippen LogP contribution in [-0.4, -0.2) is 33.6 Å². The third kappa shape index (κ3) is 4.67. The van der Waals surface area contributed by atoms with E-state index in [1.807, 2.05) is 29.2 Å². The Balaban J connectivity index is 1.46. The second-order valence-electron chi connectivity index (χ2n) is 11.1. The minimum Gasteiger partial charge on any atom is -0.494 e. The van der Waals surface area contributed by atoms with E-state index in [0.717, 1.165) is 46.9 Å². The highest BCUT2D eigenvalue weighted by Gasteiger charge is 2.45. The number of nitrogens with zero attached hydrogens (tertiary/aromatic N) is 2. The van der Waals surface area contributed by atoms with Crippen LogP contribution < -0.4 is 10.1 Å². The summed E-state index contributed by atoms with van der Waals surface area (Å²) < 4.78 is 13.5. The van der Waals surface area contributed by atoms with Gasteiger partial charge in [-0.25, -0.2) is 0 Å². The van der Waals surface area contributed by atoms with E-state index in [9.17, 15) is 4.79 Å². The Morgan fingerprint density at radius 3 is 2.73 bits per heavy atom. The Hall–Kier alpha value is -3.15. The fraction of sp³-hybridized carbons (Fsp3) is 0.516. The maximum Gasteiger partial charge on any atom is 0.271 e. The Morgan fingerprint density at radius 1 is 1.22 bits per heavy atom. The maximum atomic E-state index is 14.0. The van der Waals surface area contributed by atoms with Gasteiger partial charge in [0, 0.05) is 30.4 Å². The molecule has 6 nitrogen and oxygen atoms in total. The summed E-state index contributed by atoms with van der Waals surface area (Å²) in [7, 11) is 0. The van der Waals surface area contributed by atoms with E-state index in [2.05, 4.69) is 56.3 Å². The highest BCUT2D eigenvalue weighted by atomic mass is 16.5. The van der Waals surface area contributed by atoms with Gasteiger partial charge < -0.3 is 23.9 Å². The van der Waals surface area contributed by atoms with Crippen LogP contribution in [0.3, 0.4) is 0 Å². The molecule has 0 spiro atoms. The zero-order valence-electron chi connectivity index (χ0n) is 22.8. The molecular formula is C31H41N3O3. The van der Waals surface area contributed by atoms with Crippen LogP contribution in [0.2, 0.25) is 0 Å². The van der Waals surface area contributed by atoms with Crippen molar-refractivity contribution >= 4 is 17.0 Å². The summed E-state index contributed by atoms with van der Waals surface area (Å²) in [6.07, 6.45) is 7.54. The van der Waals surface area contributed by atoms with E-state index in [-0.39, 0.29) is 5.91 Å². The van der Waals surface area contributed by atoms with Crippen molar-refractivity contribution in [2.24, 2.45) is 11.8 Å². The van der Waals surface area contributed by atoms with Gasteiger partial charge in [-0.1, -0.05) is 58.7 Å². The SMILES string of the molecule is C=C(NC1CCCC(CC)C1C)C1(C)Cn2c(cc3occc32)C(=O)N1Cc1ccc(OCCC)cc1. The first-order valence-corrected chi connectivity index (χ1v) is 13.9. The Bertz CT molecular complexity index is 1260. The normalized spacial score (nSPS) is 25.8. The van der Waals surface area contributed by atoms with E-state index in [0.29, 0.717) is 37.4 Å². The lowest BCUT2D eigenvalue weighted by Crippen LogP contribution is -2.60. The van der Waals surface area contributed by atoms with Crippen molar-refractivity contribution in [3.8, 4) is 5.75 Å². The van der Waals surface area contributed by atoms with Gasteiger partial charge in [0.2, 0.25) is 0 Å². The number of aromatic nitrogens is 1. The molecular weight excluding hydrogens is 462 g/mol. The van der Waals surface area contributed by atoms with Crippen molar-refractivity contribution in [2.75, 3.05) is 6.61 Å². The predicted molar refractivity (Wildman–Crippen MR) is 148 cm³/mol. The molecule has 0 bridgehead atoms. The average molecular weight is 504 g/mol. The molecule has 1 amide bonds. The van der Waals surface area contributed by atoms with E-state index in [1.165, 1.54) is 19.3 Å². The molecule has 2 aliphatic rings. The lowest BCUT2D eigenvalue weighted by molar-refractivity contribution is 0.0407. The Morgan fingerprint density at radius 2 is 2.00 bits per heavy atom. The fourth-order valence-corrected chi connectivity index (χ4v) is 6.29. The second kappa shape index (κ2) is 10.3. The molecule has 37 heavy (non-hydrogen) atoms. The number of benzene rings is 1. The smallest absolute Gasteiger partial charge is 0.271 e. The van der Waals surface area contributed by atoms with Crippen LogP contribution in [-0.2, 0) is 13.1 Å². The van der Waals surface area contributed by atoms with Crippen LogP contribution in [0.1, 0.15) is 75.9 Å².